The first-order chi connectivity index (χ1) is 14.6. The van der Waals surface area contributed by atoms with Crippen molar-refractivity contribution in [3.63, 3.8) is 0 Å². The van der Waals surface area contributed by atoms with E-state index in [1.807, 2.05) is 12.1 Å². The van der Waals surface area contributed by atoms with Crippen LogP contribution in [0, 0.1) is 0 Å². The number of carbonyl (C=O) groups is 1. The molecule has 0 bridgehead atoms. The van der Waals surface area contributed by atoms with E-state index in [0.717, 1.165) is 37.3 Å². The van der Waals surface area contributed by atoms with Gasteiger partial charge in [-0.1, -0.05) is 48.5 Å². The summed E-state index contributed by atoms with van der Waals surface area (Å²) in [5.41, 5.74) is 7.07. The fraction of sp³-hybridized carbons (Fsp3) is 0.269. The molecule has 3 aromatic rings. The maximum absolute atomic E-state index is 12.6. The molecule has 4 nitrogen and oxygen atoms in total. The van der Waals surface area contributed by atoms with Gasteiger partial charge in [-0.2, -0.15) is 0 Å². The van der Waals surface area contributed by atoms with Crippen molar-refractivity contribution in [3.8, 4) is 0 Å². The average Bonchev–Trinajstić information content (AvgIpc) is 2.78. The maximum Gasteiger partial charge on any atom is 0.251 e. The van der Waals surface area contributed by atoms with Gasteiger partial charge in [-0.05, 0) is 67.0 Å². The molecule has 4 heteroatoms. The number of hydrogen-bond donors (Lipinski definition) is 1. The Hall–Kier alpha value is -3.11. The third kappa shape index (κ3) is 4.89. The SMILES string of the molecule is CN(C)Cc1ccc(CNC(=O)c2ccc(N3CCc4ccccc4C3)cc2)cc1. The van der Waals surface area contributed by atoms with Crippen LogP contribution in [0.25, 0.3) is 0 Å². The molecule has 1 N–H and O–H groups in total. The number of fused-ring (bicyclic) bond motifs is 1. The van der Waals surface area contributed by atoms with Gasteiger partial charge in [0.2, 0.25) is 0 Å². The lowest BCUT2D eigenvalue weighted by Crippen LogP contribution is -2.30. The Labute approximate surface area is 179 Å². The maximum atomic E-state index is 12.6. The second kappa shape index (κ2) is 9.14. The van der Waals surface area contributed by atoms with E-state index in [9.17, 15) is 4.79 Å². The molecule has 0 saturated heterocycles. The zero-order valence-electron chi connectivity index (χ0n) is 17.8. The van der Waals surface area contributed by atoms with E-state index in [-0.39, 0.29) is 5.91 Å². The second-order valence-corrected chi connectivity index (χ2v) is 8.22. The largest absolute Gasteiger partial charge is 0.367 e. The van der Waals surface area contributed by atoms with Gasteiger partial charge in [0.1, 0.15) is 0 Å². The fourth-order valence-electron chi connectivity index (χ4n) is 3.95. The Morgan fingerprint density at radius 1 is 0.900 bits per heavy atom. The summed E-state index contributed by atoms with van der Waals surface area (Å²) >= 11 is 0. The van der Waals surface area contributed by atoms with E-state index < -0.39 is 0 Å². The molecule has 0 atom stereocenters. The standard InChI is InChI=1S/C26H29N3O/c1-28(2)18-21-9-7-20(8-10-21)17-27-26(30)23-11-13-25(14-12-23)29-16-15-22-5-3-4-6-24(22)19-29/h3-14H,15-19H2,1-2H3,(H,27,30). The normalized spacial score (nSPS) is 13.2. The van der Waals surface area contributed by atoms with Crippen molar-refractivity contribution in [2.75, 3.05) is 25.5 Å². The number of rotatable bonds is 6. The number of nitrogens with one attached hydrogen (secondary N) is 1. The average molecular weight is 400 g/mol. The summed E-state index contributed by atoms with van der Waals surface area (Å²) in [7, 11) is 4.12. The van der Waals surface area contributed by atoms with Crippen LogP contribution >= 0.6 is 0 Å². The summed E-state index contributed by atoms with van der Waals surface area (Å²) in [6, 6.07) is 25.0. The van der Waals surface area contributed by atoms with Crippen LogP contribution in [-0.2, 0) is 26.1 Å². The lowest BCUT2D eigenvalue weighted by Gasteiger charge is -2.30. The van der Waals surface area contributed by atoms with E-state index >= 15 is 0 Å². The van der Waals surface area contributed by atoms with E-state index in [1.54, 1.807) is 0 Å². The third-order valence-electron chi connectivity index (χ3n) is 5.60. The topological polar surface area (TPSA) is 35.6 Å². The number of nitrogens with zero attached hydrogens (tertiary/aromatic N) is 2. The van der Waals surface area contributed by atoms with Gasteiger partial charge < -0.3 is 15.1 Å². The summed E-state index contributed by atoms with van der Waals surface area (Å²) in [6.45, 7) is 3.38. The van der Waals surface area contributed by atoms with Crippen molar-refractivity contribution in [2.24, 2.45) is 0 Å². The summed E-state index contributed by atoms with van der Waals surface area (Å²) < 4.78 is 0. The van der Waals surface area contributed by atoms with Crippen LogP contribution in [0.4, 0.5) is 5.69 Å². The molecule has 1 amide bonds. The molecule has 0 aliphatic carbocycles. The van der Waals surface area contributed by atoms with Crippen LogP contribution in [0.3, 0.4) is 0 Å². The number of amides is 1. The van der Waals surface area contributed by atoms with Crippen LogP contribution in [0.5, 0.6) is 0 Å². The molecule has 0 fully saturated rings. The third-order valence-corrected chi connectivity index (χ3v) is 5.60. The minimum Gasteiger partial charge on any atom is -0.367 e. The Balaban J connectivity index is 1.33. The van der Waals surface area contributed by atoms with Gasteiger partial charge in [-0.15, -0.1) is 0 Å². The van der Waals surface area contributed by atoms with E-state index in [1.165, 1.54) is 16.7 Å². The van der Waals surface area contributed by atoms with Crippen molar-refractivity contribution < 1.29 is 4.79 Å². The van der Waals surface area contributed by atoms with Crippen molar-refractivity contribution >= 4 is 11.6 Å². The Bertz CT molecular complexity index is 994. The van der Waals surface area contributed by atoms with Crippen LogP contribution < -0.4 is 10.2 Å². The molecule has 4 rings (SSSR count). The summed E-state index contributed by atoms with van der Waals surface area (Å²) in [5, 5.41) is 3.02. The van der Waals surface area contributed by atoms with Gasteiger partial charge in [-0.25, -0.2) is 0 Å². The minimum atomic E-state index is -0.0390. The molecule has 0 unspecified atom stereocenters. The van der Waals surface area contributed by atoms with Gasteiger partial charge in [-0.3, -0.25) is 4.79 Å². The lowest BCUT2D eigenvalue weighted by molar-refractivity contribution is 0.0951. The molecule has 3 aromatic carbocycles. The lowest BCUT2D eigenvalue weighted by atomic mass is 9.99. The monoisotopic (exact) mass is 399 g/mol. The van der Waals surface area contributed by atoms with Crippen molar-refractivity contribution in [3.05, 3.63) is 101 Å². The quantitative estimate of drug-likeness (QED) is 0.673. The number of hydrogen-bond acceptors (Lipinski definition) is 3. The van der Waals surface area contributed by atoms with Crippen LogP contribution in [0.1, 0.15) is 32.6 Å². The summed E-state index contributed by atoms with van der Waals surface area (Å²) in [5.74, 6) is -0.0390. The minimum absolute atomic E-state index is 0.0390. The molecular weight excluding hydrogens is 370 g/mol. The highest BCUT2D eigenvalue weighted by Gasteiger charge is 2.16. The van der Waals surface area contributed by atoms with Crippen molar-refractivity contribution in [1.82, 2.24) is 10.2 Å². The van der Waals surface area contributed by atoms with Crippen LogP contribution in [-0.4, -0.2) is 31.4 Å². The first-order valence-electron chi connectivity index (χ1n) is 10.5. The first kappa shape index (κ1) is 20.2. The highest BCUT2D eigenvalue weighted by molar-refractivity contribution is 5.94. The van der Waals surface area contributed by atoms with E-state index in [0.29, 0.717) is 12.1 Å². The fourth-order valence-corrected chi connectivity index (χ4v) is 3.95. The molecule has 30 heavy (non-hydrogen) atoms. The number of anilines is 1. The first-order valence-corrected chi connectivity index (χ1v) is 10.5. The molecule has 1 aliphatic heterocycles. The predicted octanol–water partition coefficient (Wildman–Crippen LogP) is 4.24. The molecule has 0 radical (unpaired) electrons. The van der Waals surface area contributed by atoms with Crippen LogP contribution in [0.15, 0.2) is 72.8 Å². The second-order valence-electron chi connectivity index (χ2n) is 8.22. The smallest absolute Gasteiger partial charge is 0.251 e. The van der Waals surface area contributed by atoms with Gasteiger partial charge in [0.25, 0.3) is 5.91 Å². The summed E-state index contributed by atoms with van der Waals surface area (Å²) in [6.07, 6.45) is 1.06. The van der Waals surface area contributed by atoms with Crippen molar-refractivity contribution in [2.45, 2.75) is 26.1 Å². The predicted molar refractivity (Wildman–Crippen MR) is 123 cm³/mol. The highest BCUT2D eigenvalue weighted by atomic mass is 16.1. The van der Waals surface area contributed by atoms with Gasteiger partial charge in [0.05, 0.1) is 0 Å². The van der Waals surface area contributed by atoms with Gasteiger partial charge in [0, 0.05) is 37.4 Å². The van der Waals surface area contributed by atoms with E-state index in [4.69, 9.17) is 0 Å². The Morgan fingerprint density at radius 2 is 1.57 bits per heavy atom. The molecule has 0 spiro atoms. The number of carbonyl (C=O) groups excluding carboxylic acids is 1. The van der Waals surface area contributed by atoms with Gasteiger partial charge in [0.15, 0.2) is 0 Å². The molecule has 154 valence electrons. The molecule has 0 saturated carbocycles. The highest BCUT2D eigenvalue weighted by Crippen LogP contribution is 2.24. The van der Waals surface area contributed by atoms with Gasteiger partial charge >= 0.3 is 0 Å². The number of benzene rings is 3. The van der Waals surface area contributed by atoms with Crippen LogP contribution in [0.2, 0.25) is 0 Å². The molecule has 0 aromatic heterocycles. The van der Waals surface area contributed by atoms with Crippen molar-refractivity contribution in [1.29, 1.82) is 0 Å². The molecule has 1 heterocycles. The summed E-state index contributed by atoms with van der Waals surface area (Å²) in [4.78, 5) is 17.1. The Kier molecular flexibility index (Phi) is 6.15. The van der Waals surface area contributed by atoms with E-state index in [2.05, 4.69) is 89.9 Å². The Morgan fingerprint density at radius 3 is 2.27 bits per heavy atom. The zero-order valence-corrected chi connectivity index (χ0v) is 17.8. The zero-order chi connectivity index (χ0) is 20.9. The molecular formula is C26H29N3O. The molecule has 1 aliphatic rings.